The van der Waals surface area contributed by atoms with Crippen LogP contribution in [0, 0.1) is 5.82 Å². The Kier molecular flexibility index (Phi) is 4.33. The van der Waals surface area contributed by atoms with Crippen LogP contribution in [0.3, 0.4) is 0 Å². The van der Waals surface area contributed by atoms with Gasteiger partial charge in [0, 0.05) is 21.6 Å². The predicted octanol–water partition coefficient (Wildman–Crippen LogP) is 5.40. The largest absolute Gasteiger partial charge is 0.379 e. The van der Waals surface area contributed by atoms with Gasteiger partial charge in [-0.15, -0.1) is 0 Å². The third-order valence-electron chi connectivity index (χ3n) is 2.41. The highest BCUT2D eigenvalue weighted by atomic mass is 35.5. The molecule has 0 aromatic heterocycles. The molecule has 0 atom stereocenters. The van der Waals surface area contributed by atoms with Crippen LogP contribution in [0.2, 0.25) is 15.1 Å². The molecule has 0 aliphatic rings. The summed E-state index contributed by atoms with van der Waals surface area (Å²) in [6.07, 6.45) is 0. The van der Waals surface area contributed by atoms with E-state index in [4.69, 9.17) is 34.8 Å². The molecule has 2 aromatic rings. The highest BCUT2D eigenvalue weighted by molar-refractivity contribution is 6.33. The molecule has 0 aliphatic carbocycles. The van der Waals surface area contributed by atoms with Gasteiger partial charge in [0.25, 0.3) is 0 Å². The summed E-state index contributed by atoms with van der Waals surface area (Å²) in [5.41, 5.74) is 1.13. The number of benzene rings is 2. The fourth-order valence-corrected chi connectivity index (χ4v) is 2.05. The van der Waals surface area contributed by atoms with Crippen molar-refractivity contribution in [2.45, 2.75) is 6.54 Å². The van der Waals surface area contributed by atoms with E-state index in [0.717, 1.165) is 5.56 Å². The first-order valence-electron chi connectivity index (χ1n) is 5.19. The molecule has 0 fully saturated rings. The van der Waals surface area contributed by atoms with Crippen LogP contribution < -0.4 is 5.32 Å². The van der Waals surface area contributed by atoms with Crippen molar-refractivity contribution in [2.75, 3.05) is 5.32 Å². The lowest BCUT2D eigenvalue weighted by atomic mass is 10.2. The summed E-state index contributed by atoms with van der Waals surface area (Å²) in [6.45, 7) is 0.372. The number of nitrogens with one attached hydrogen (secondary N) is 1. The minimum atomic E-state index is -0.363. The first-order chi connectivity index (χ1) is 8.56. The highest BCUT2D eigenvalue weighted by Crippen LogP contribution is 2.24. The summed E-state index contributed by atoms with van der Waals surface area (Å²) in [6, 6.07) is 9.47. The molecule has 0 saturated heterocycles. The fraction of sp³-hybridized carbons (Fsp3) is 0.0769. The van der Waals surface area contributed by atoms with Gasteiger partial charge >= 0.3 is 0 Å². The fourth-order valence-electron chi connectivity index (χ4n) is 1.50. The Morgan fingerprint density at radius 2 is 1.61 bits per heavy atom. The van der Waals surface area contributed by atoms with Crippen LogP contribution in [0.1, 0.15) is 5.56 Å². The number of rotatable bonds is 3. The van der Waals surface area contributed by atoms with Crippen LogP contribution in [0.5, 0.6) is 0 Å². The lowest BCUT2D eigenvalue weighted by Gasteiger charge is -2.09. The van der Waals surface area contributed by atoms with Gasteiger partial charge in [0.1, 0.15) is 5.82 Å². The highest BCUT2D eigenvalue weighted by Gasteiger charge is 2.05. The maximum atomic E-state index is 13.5. The van der Waals surface area contributed by atoms with Crippen molar-refractivity contribution < 1.29 is 4.39 Å². The van der Waals surface area contributed by atoms with Crippen molar-refractivity contribution in [1.82, 2.24) is 0 Å². The van der Waals surface area contributed by atoms with Crippen molar-refractivity contribution in [1.29, 1.82) is 0 Å². The van der Waals surface area contributed by atoms with Crippen molar-refractivity contribution in [3.63, 3.8) is 0 Å². The zero-order valence-electron chi connectivity index (χ0n) is 9.18. The predicted molar refractivity (Wildman–Crippen MR) is 75.2 cm³/mol. The second kappa shape index (κ2) is 5.79. The number of halogens is 4. The molecule has 0 aliphatic heterocycles. The molecule has 0 radical (unpaired) electrons. The van der Waals surface area contributed by atoms with E-state index in [2.05, 4.69) is 5.32 Å². The maximum Gasteiger partial charge on any atom is 0.146 e. The molecule has 94 valence electrons. The lowest BCUT2D eigenvalue weighted by Crippen LogP contribution is -2.02. The van der Waals surface area contributed by atoms with Crippen molar-refractivity contribution in [3.8, 4) is 0 Å². The minimum Gasteiger partial charge on any atom is -0.379 e. The quantitative estimate of drug-likeness (QED) is 0.800. The van der Waals surface area contributed by atoms with Crippen LogP contribution in [-0.2, 0) is 6.54 Å². The Morgan fingerprint density at radius 3 is 2.39 bits per heavy atom. The Balaban J connectivity index is 2.16. The Bertz CT molecular complexity index is 521. The molecule has 2 aromatic carbocycles. The van der Waals surface area contributed by atoms with Gasteiger partial charge in [-0.2, -0.15) is 0 Å². The molecule has 0 amide bonds. The van der Waals surface area contributed by atoms with E-state index < -0.39 is 0 Å². The van der Waals surface area contributed by atoms with Crippen LogP contribution in [0.25, 0.3) is 0 Å². The zero-order chi connectivity index (χ0) is 13.1. The van der Waals surface area contributed by atoms with E-state index in [1.54, 1.807) is 18.2 Å². The van der Waals surface area contributed by atoms with E-state index in [-0.39, 0.29) is 5.82 Å². The molecule has 5 heteroatoms. The molecule has 0 heterocycles. The van der Waals surface area contributed by atoms with Gasteiger partial charge in [0.05, 0.1) is 5.69 Å². The monoisotopic (exact) mass is 303 g/mol. The van der Waals surface area contributed by atoms with Gasteiger partial charge in [-0.25, -0.2) is 4.39 Å². The maximum absolute atomic E-state index is 13.5. The summed E-state index contributed by atoms with van der Waals surface area (Å²) in [4.78, 5) is 0. The molecule has 2 rings (SSSR count). The first-order valence-corrected chi connectivity index (χ1v) is 6.32. The van der Waals surface area contributed by atoms with Crippen LogP contribution in [0.4, 0.5) is 10.1 Å². The molecular formula is C13H9Cl3FN. The first kappa shape index (κ1) is 13.5. The van der Waals surface area contributed by atoms with E-state index in [9.17, 15) is 4.39 Å². The number of hydrogen-bond donors (Lipinski definition) is 1. The lowest BCUT2D eigenvalue weighted by molar-refractivity contribution is 0.630. The van der Waals surface area contributed by atoms with Gasteiger partial charge in [-0.05, 0) is 42.0 Å². The molecule has 1 nitrogen and oxygen atoms in total. The average Bonchev–Trinajstić information content (AvgIpc) is 2.34. The Hall–Kier alpha value is -0.960. The molecule has 18 heavy (non-hydrogen) atoms. The molecule has 0 spiro atoms. The molecule has 0 bridgehead atoms. The van der Waals surface area contributed by atoms with E-state index in [1.165, 1.54) is 18.2 Å². The smallest absolute Gasteiger partial charge is 0.146 e. The SMILES string of the molecule is Fc1ccc(Cl)cc1NCc1cc(Cl)ccc1Cl. The number of hydrogen-bond acceptors (Lipinski definition) is 1. The summed E-state index contributed by atoms with van der Waals surface area (Å²) in [7, 11) is 0. The van der Waals surface area contributed by atoms with Crippen LogP contribution in [0.15, 0.2) is 36.4 Å². The molecular weight excluding hydrogens is 296 g/mol. The number of anilines is 1. The van der Waals surface area contributed by atoms with E-state index in [1.807, 2.05) is 0 Å². The standard InChI is InChI=1S/C13H9Cl3FN/c14-9-1-3-11(16)8(5-9)7-18-13-6-10(15)2-4-12(13)17/h1-6,18H,7H2. The topological polar surface area (TPSA) is 12.0 Å². The van der Waals surface area contributed by atoms with E-state index in [0.29, 0.717) is 27.3 Å². The normalized spacial score (nSPS) is 10.4. The Labute approximate surface area is 119 Å². The third kappa shape index (κ3) is 3.29. The summed E-state index contributed by atoms with van der Waals surface area (Å²) in [5, 5.41) is 4.57. The average molecular weight is 305 g/mol. The minimum absolute atomic E-state index is 0.332. The van der Waals surface area contributed by atoms with Gasteiger partial charge in [-0.3, -0.25) is 0 Å². The summed E-state index contributed by atoms with van der Waals surface area (Å²) >= 11 is 17.7. The Morgan fingerprint density at radius 1 is 0.944 bits per heavy atom. The van der Waals surface area contributed by atoms with Gasteiger partial charge in [0.2, 0.25) is 0 Å². The summed E-state index contributed by atoms with van der Waals surface area (Å²) in [5.74, 6) is -0.363. The zero-order valence-corrected chi connectivity index (χ0v) is 11.5. The second-order valence-corrected chi connectivity index (χ2v) is 4.99. The molecule has 1 N–H and O–H groups in total. The van der Waals surface area contributed by atoms with Crippen molar-refractivity contribution in [2.24, 2.45) is 0 Å². The third-order valence-corrected chi connectivity index (χ3v) is 3.24. The van der Waals surface area contributed by atoms with Crippen LogP contribution in [-0.4, -0.2) is 0 Å². The van der Waals surface area contributed by atoms with Crippen molar-refractivity contribution >= 4 is 40.5 Å². The van der Waals surface area contributed by atoms with Gasteiger partial charge in [-0.1, -0.05) is 34.8 Å². The summed E-state index contributed by atoms with van der Waals surface area (Å²) < 4.78 is 13.5. The van der Waals surface area contributed by atoms with Crippen molar-refractivity contribution in [3.05, 3.63) is 62.8 Å². The molecule has 0 saturated carbocycles. The van der Waals surface area contributed by atoms with E-state index >= 15 is 0 Å². The van der Waals surface area contributed by atoms with Gasteiger partial charge < -0.3 is 5.32 Å². The van der Waals surface area contributed by atoms with Gasteiger partial charge in [0.15, 0.2) is 0 Å². The van der Waals surface area contributed by atoms with Crippen LogP contribution >= 0.6 is 34.8 Å². The molecule has 0 unspecified atom stereocenters. The second-order valence-electron chi connectivity index (χ2n) is 3.71.